The molecule has 5 aromatic carbocycles. The van der Waals surface area contributed by atoms with Crippen molar-refractivity contribution in [3.05, 3.63) is 149 Å². The summed E-state index contributed by atoms with van der Waals surface area (Å²) in [7, 11) is 0. The molecule has 1 amide bonds. The molecular weight excluding hydrogens is 532 g/mol. The molecule has 0 aliphatic carbocycles. The van der Waals surface area contributed by atoms with E-state index >= 15 is 0 Å². The number of piperazine rings is 1. The highest BCUT2D eigenvalue weighted by atomic mass is 16.5. The number of carbonyl (C=O) groups excluding carboxylic acids is 1. The van der Waals surface area contributed by atoms with Gasteiger partial charge < -0.3 is 4.74 Å². The van der Waals surface area contributed by atoms with E-state index in [-0.39, 0.29) is 5.91 Å². The van der Waals surface area contributed by atoms with E-state index in [9.17, 15) is 4.79 Å². The summed E-state index contributed by atoms with van der Waals surface area (Å²) in [6.45, 7) is 6.61. The van der Waals surface area contributed by atoms with E-state index in [0.717, 1.165) is 56.1 Å². The lowest BCUT2D eigenvalue weighted by molar-refractivity contribution is 0.0955. The van der Waals surface area contributed by atoms with Gasteiger partial charge in [-0.3, -0.25) is 14.6 Å². The number of nitrogens with zero attached hydrogens (tertiary/aromatic N) is 3. The summed E-state index contributed by atoms with van der Waals surface area (Å²) >= 11 is 0. The van der Waals surface area contributed by atoms with Crippen molar-refractivity contribution in [2.75, 3.05) is 26.2 Å². The zero-order valence-corrected chi connectivity index (χ0v) is 24.2. The van der Waals surface area contributed by atoms with Gasteiger partial charge >= 0.3 is 0 Å². The number of benzene rings is 5. The summed E-state index contributed by atoms with van der Waals surface area (Å²) in [4.78, 5) is 17.6. The molecule has 1 heterocycles. The predicted octanol–water partition coefficient (Wildman–Crippen LogP) is 6.50. The molecule has 6 nitrogen and oxygen atoms in total. The highest BCUT2D eigenvalue weighted by Gasteiger charge is 2.17. The van der Waals surface area contributed by atoms with Crippen LogP contribution < -0.4 is 10.2 Å². The maximum atomic E-state index is 12.6. The van der Waals surface area contributed by atoms with Gasteiger partial charge in [0.25, 0.3) is 5.91 Å². The first-order valence-electron chi connectivity index (χ1n) is 14.8. The van der Waals surface area contributed by atoms with Crippen LogP contribution in [0.15, 0.2) is 126 Å². The molecule has 6 rings (SSSR count). The van der Waals surface area contributed by atoms with Gasteiger partial charge in [-0.25, -0.2) is 5.43 Å². The number of hydrazone groups is 1. The van der Waals surface area contributed by atoms with Crippen LogP contribution in [0.2, 0.25) is 0 Å². The number of fused-ring (bicyclic) bond motifs is 1. The minimum Gasteiger partial charge on any atom is -0.489 e. The molecule has 6 heteroatoms. The van der Waals surface area contributed by atoms with E-state index in [1.807, 2.05) is 60.7 Å². The third-order valence-electron chi connectivity index (χ3n) is 7.87. The fraction of sp³-hybridized carbons (Fsp3) is 0.189. The summed E-state index contributed by atoms with van der Waals surface area (Å²) < 4.78 is 6.02. The Morgan fingerprint density at radius 2 is 1.33 bits per heavy atom. The molecule has 0 unspecified atom stereocenters. The summed E-state index contributed by atoms with van der Waals surface area (Å²) in [5, 5.41) is 6.56. The first-order chi connectivity index (χ1) is 21.2. The van der Waals surface area contributed by atoms with Crippen LogP contribution >= 0.6 is 0 Å². The van der Waals surface area contributed by atoms with Gasteiger partial charge in [0.1, 0.15) is 12.4 Å². The van der Waals surface area contributed by atoms with Crippen LogP contribution in [0.4, 0.5) is 0 Å². The molecule has 216 valence electrons. The summed E-state index contributed by atoms with van der Waals surface area (Å²) in [6.07, 6.45) is 1.64. The van der Waals surface area contributed by atoms with Crippen molar-refractivity contribution in [2.45, 2.75) is 19.7 Å². The fourth-order valence-corrected chi connectivity index (χ4v) is 5.43. The van der Waals surface area contributed by atoms with E-state index < -0.39 is 0 Å². The Bertz CT molecular complexity index is 1650. The lowest BCUT2D eigenvalue weighted by Crippen LogP contribution is -2.45. The number of ether oxygens (including phenoxy) is 1. The van der Waals surface area contributed by atoms with Gasteiger partial charge in [-0.1, -0.05) is 84.9 Å². The van der Waals surface area contributed by atoms with Crippen molar-refractivity contribution >= 4 is 22.9 Å². The standard InChI is InChI=1S/C37H36N4O2/c42-37(33-17-13-31(14-18-33)27-41-23-21-40(22-24-41)26-30-7-2-1-3-8-30)39-38-25-29-15-19-35(20-16-29)43-28-34-11-6-10-32-9-4-5-12-36(32)34/h1-20,25H,21-24,26-28H2,(H,39,42)/b38-25-. The van der Waals surface area contributed by atoms with E-state index in [1.54, 1.807) is 6.21 Å². The van der Waals surface area contributed by atoms with Crippen LogP contribution in [0.3, 0.4) is 0 Å². The lowest BCUT2D eigenvalue weighted by Gasteiger charge is -2.34. The number of hydrogen-bond donors (Lipinski definition) is 1. The smallest absolute Gasteiger partial charge is 0.271 e. The predicted molar refractivity (Wildman–Crippen MR) is 173 cm³/mol. The average molecular weight is 569 g/mol. The Kier molecular flexibility index (Phi) is 9.18. The maximum Gasteiger partial charge on any atom is 0.271 e. The van der Waals surface area contributed by atoms with Crippen LogP contribution in [0, 0.1) is 0 Å². The van der Waals surface area contributed by atoms with Crippen molar-refractivity contribution in [1.29, 1.82) is 0 Å². The Morgan fingerprint density at radius 3 is 2.05 bits per heavy atom. The van der Waals surface area contributed by atoms with Gasteiger partial charge in [-0.15, -0.1) is 0 Å². The SMILES string of the molecule is O=C(N/N=C\c1ccc(OCc2cccc3ccccc23)cc1)c1ccc(CN2CCN(Cc3ccccc3)CC2)cc1. The van der Waals surface area contributed by atoms with Crippen LogP contribution in [0.5, 0.6) is 5.75 Å². The molecule has 0 atom stereocenters. The zero-order chi connectivity index (χ0) is 29.3. The van der Waals surface area contributed by atoms with E-state index in [4.69, 9.17) is 4.74 Å². The topological polar surface area (TPSA) is 57.2 Å². The summed E-state index contributed by atoms with van der Waals surface area (Å²) in [5.41, 5.74) is 7.82. The average Bonchev–Trinajstić information content (AvgIpc) is 3.06. The number of carbonyl (C=O) groups is 1. The molecule has 0 radical (unpaired) electrons. The first-order valence-corrected chi connectivity index (χ1v) is 14.8. The number of rotatable bonds is 10. The highest BCUT2D eigenvalue weighted by Crippen LogP contribution is 2.21. The van der Waals surface area contributed by atoms with Crippen LogP contribution in [0.1, 0.15) is 32.6 Å². The second-order valence-electron chi connectivity index (χ2n) is 10.9. The molecule has 1 saturated heterocycles. The lowest BCUT2D eigenvalue weighted by atomic mass is 10.1. The minimum absolute atomic E-state index is 0.229. The van der Waals surface area contributed by atoms with Crippen molar-refractivity contribution in [1.82, 2.24) is 15.2 Å². The Morgan fingerprint density at radius 1 is 0.698 bits per heavy atom. The molecule has 0 saturated carbocycles. The molecular formula is C37H36N4O2. The third-order valence-corrected chi connectivity index (χ3v) is 7.87. The Balaban J connectivity index is 0.937. The maximum absolute atomic E-state index is 12.6. The molecule has 1 fully saturated rings. The highest BCUT2D eigenvalue weighted by molar-refractivity contribution is 5.94. The van der Waals surface area contributed by atoms with Crippen molar-refractivity contribution < 1.29 is 9.53 Å². The Labute approximate surface area is 253 Å². The van der Waals surface area contributed by atoms with E-state index in [1.165, 1.54) is 21.9 Å². The van der Waals surface area contributed by atoms with Crippen molar-refractivity contribution in [2.24, 2.45) is 5.10 Å². The van der Waals surface area contributed by atoms with Gasteiger partial charge in [0.05, 0.1) is 6.21 Å². The zero-order valence-electron chi connectivity index (χ0n) is 24.2. The van der Waals surface area contributed by atoms with Crippen LogP contribution in [-0.2, 0) is 19.7 Å². The normalized spacial score (nSPS) is 14.2. The third kappa shape index (κ3) is 7.74. The van der Waals surface area contributed by atoms with Crippen LogP contribution in [0.25, 0.3) is 10.8 Å². The molecule has 0 bridgehead atoms. The van der Waals surface area contributed by atoms with Gasteiger partial charge in [0, 0.05) is 44.8 Å². The van der Waals surface area contributed by atoms with Crippen molar-refractivity contribution in [3.63, 3.8) is 0 Å². The molecule has 5 aromatic rings. The van der Waals surface area contributed by atoms with Gasteiger partial charge in [0.2, 0.25) is 0 Å². The van der Waals surface area contributed by atoms with Crippen LogP contribution in [-0.4, -0.2) is 48.1 Å². The molecule has 43 heavy (non-hydrogen) atoms. The number of hydrogen-bond acceptors (Lipinski definition) is 5. The first kappa shape index (κ1) is 28.3. The number of nitrogens with one attached hydrogen (secondary N) is 1. The molecule has 1 aliphatic heterocycles. The summed E-state index contributed by atoms with van der Waals surface area (Å²) in [5.74, 6) is 0.552. The quantitative estimate of drug-likeness (QED) is 0.154. The van der Waals surface area contributed by atoms with E-state index in [0.29, 0.717) is 12.2 Å². The molecule has 0 spiro atoms. The van der Waals surface area contributed by atoms with Gasteiger partial charge in [-0.2, -0.15) is 5.10 Å². The van der Waals surface area contributed by atoms with Crippen molar-refractivity contribution in [3.8, 4) is 5.75 Å². The second kappa shape index (κ2) is 13.9. The Hall–Kier alpha value is -4.78. The van der Waals surface area contributed by atoms with Gasteiger partial charge in [-0.05, 0) is 69.4 Å². The van der Waals surface area contributed by atoms with E-state index in [2.05, 4.69) is 81.0 Å². The molecule has 0 aromatic heterocycles. The minimum atomic E-state index is -0.229. The summed E-state index contributed by atoms with van der Waals surface area (Å²) in [6, 6.07) is 40.7. The largest absolute Gasteiger partial charge is 0.489 e. The molecule has 1 N–H and O–H groups in total. The van der Waals surface area contributed by atoms with Gasteiger partial charge in [0.15, 0.2) is 0 Å². The number of amides is 1. The molecule has 1 aliphatic rings. The second-order valence-corrected chi connectivity index (χ2v) is 10.9. The monoisotopic (exact) mass is 568 g/mol. The fourth-order valence-electron chi connectivity index (χ4n) is 5.43.